The molecule has 0 fully saturated rings. The lowest BCUT2D eigenvalue weighted by Gasteiger charge is -2.29. The molecule has 0 radical (unpaired) electrons. The van der Waals surface area contributed by atoms with Gasteiger partial charge in [0.05, 0.1) is 14.2 Å². The number of rotatable bonds is 6. The van der Waals surface area contributed by atoms with Gasteiger partial charge < -0.3 is 9.47 Å². The van der Waals surface area contributed by atoms with Gasteiger partial charge in [-0.15, -0.1) is 0 Å². The molecule has 0 amide bonds. The molecule has 1 aromatic rings. The van der Waals surface area contributed by atoms with Gasteiger partial charge in [-0.05, 0) is 55.0 Å². The standard InChI is InChI=1S/C17H27NO2/c1-13(2)6-5-8-18-9-7-14-10-16(19-3)17(20-4)11-15(14)12-18/h10-11,13H,5-9,12H2,1-4H3. The molecule has 0 bridgehead atoms. The van der Waals surface area contributed by atoms with Gasteiger partial charge in [-0.1, -0.05) is 13.8 Å². The molecule has 0 saturated heterocycles. The summed E-state index contributed by atoms with van der Waals surface area (Å²) in [6.07, 6.45) is 3.72. The molecule has 0 aliphatic carbocycles. The molecule has 3 heteroatoms. The van der Waals surface area contributed by atoms with Crippen LogP contribution in [0.4, 0.5) is 0 Å². The van der Waals surface area contributed by atoms with E-state index in [4.69, 9.17) is 9.47 Å². The number of hydrogen-bond donors (Lipinski definition) is 0. The fourth-order valence-corrected chi connectivity index (χ4v) is 2.86. The fraction of sp³-hybridized carbons (Fsp3) is 0.647. The SMILES string of the molecule is COc1cc2c(cc1OC)CN(CCCC(C)C)CC2. The summed E-state index contributed by atoms with van der Waals surface area (Å²) >= 11 is 0. The van der Waals surface area contributed by atoms with Crippen molar-refractivity contribution in [3.05, 3.63) is 23.3 Å². The van der Waals surface area contributed by atoms with E-state index in [9.17, 15) is 0 Å². The molecule has 1 aliphatic heterocycles. The van der Waals surface area contributed by atoms with Gasteiger partial charge in [0, 0.05) is 13.1 Å². The summed E-state index contributed by atoms with van der Waals surface area (Å²) in [4.78, 5) is 2.55. The van der Waals surface area contributed by atoms with Crippen molar-refractivity contribution in [1.29, 1.82) is 0 Å². The van der Waals surface area contributed by atoms with Gasteiger partial charge in [-0.3, -0.25) is 4.90 Å². The van der Waals surface area contributed by atoms with E-state index in [2.05, 4.69) is 30.9 Å². The van der Waals surface area contributed by atoms with Gasteiger partial charge in [0.25, 0.3) is 0 Å². The Bertz CT molecular complexity index is 443. The highest BCUT2D eigenvalue weighted by Crippen LogP contribution is 2.33. The molecule has 0 aromatic heterocycles. The zero-order chi connectivity index (χ0) is 14.5. The molecule has 1 aliphatic rings. The Morgan fingerprint density at radius 2 is 1.75 bits per heavy atom. The molecule has 0 spiro atoms. The van der Waals surface area contributed by atoms with Crippen LogP contribution in [0.5, 0.6) is 11.5 Å². The second kappa shape index (κ2) is 6.98. The van der Waals surface area contributed by atoms with Crippen molar-refractivity contribution in [2.24, 2.45) is 5.92 Å². The Morgan fingerprint density at radius 1 is 1.10 bits per heavy atom. The van der Waals surface area contributed by atoms with Crippen molar-refractivity contribution in [2.45, 2.75) is 39.7 Å². The van der Waals surface area contributed by atoms with E-state index >= 15 is 0 Å². The van der Waals surface area contributed by atoms with Crippen molar-refractivity contribution in [3.8, 4) is 11.5 Å². The highest BCUT2D eigenvalue weighted by molar-refractivity contribution is 5.48. The maximum absolute atomic E-state index is 5.41. The van der Waals surface area contributed by atoms with Gasteiger partial charge in [-0.2, -0.15) is 0 Å². The minimum Gasteiger partial charge on any atom is -0.493 e. The molecule has 2 rings (SSSR count). The first-order valence-electron chi connectivity index (χ1n) is 7.60. The summed E-state index contributed by atoms with van der Waals surface area (Å²) in [5.74, 6) is 2.49. The third-order valence-corrected chi connectivity index (χ3v) is 4.05. The van der Waals surface area contributed by atoms with E-state index in [0.29, 0.717) is 0 Å². The summed E-state index contributed by atoms with van der Waals surface area (Å²) in [5, 5.41) is 0. The topological polar surface area (TPSA) is 21.7 Å². The Labute approximate surface area is 122 Å². The highest BCUT2D eigenvalue weighted by Gasteiger charge is 2.19. The van der Waals surface area contributed by atoms with Crippen molar-refractivity contribution in [1.82, 2.24) is 4.90 Å². The molecule has 1 aromatic carbocycles. The maximum atomic E-state index is 5.41. The van der Waals surface area contributed by atoms with E-state index in [1.165, 1.54) is 30.5 Å². The van der Waals surface area contributed by atoms with Crippen LogP contribution in [0.3, 0.4) is 0 Å². The van der Waals surface area contributed by atoms with Crippen LogP contribution in [0, 0.1) is 5.92 Å². The van der Waals surface area contributed by atoms with Crippen molar-refractivity contribution < 1.29 is 9.47 Å². The van der Waals surface area contributed by atoms with Gasteiger partial charge in [0.1, 0.15) is 0 Å². The summed E-state index contributed by atoms with van der Waals surface area (Å²) in [6.45, 7) is 7.98. The van der Waals surface area contributed by atoms with Crippen molar-refractivity contribution >= 4 is 0 Å². The number of hydrogen-bond acceptors (Lipinski definition) is 3. The lowest BCUT2D eigenvalue weighted by atomic mass is 9.98. The summed E-state index contributed by atoms with van der Waals surface area (Å²) < 4.78 is 10.8. The first kappa shape index (κ1) is 15.2. The van der Waals surface area contributed by atoms with E-state index < -0.39 is 0 Å². The second-order valence-corrected chi connectivity index (χ2v) is 6.04. The van der Waals surface area contributed by atoms with Gasteiger partial charge >= 0.3 is 0 Å². The maximum Gasteiger partial charge on any atom is 0.161 e. The van der Waals surface area contributed by atoms with Crippen LogP contribution in [-0.4, -0.2) is 32.2 Å². The molecule has 0 saturated carbocycles. The zero-order valence-corrected chi connectivity index (χ0v) is 13.2. The number of fused-ring (bicyclic) bond motifs is 1. The summed E-state index contributed by atoms with van der Waals surface area (Å²) in [6, 6.07) is 4.28. The first-order chi connectivity index (χ1) is 9.63. The predicted molar refractivity (Wildman–Crippen MR) is 82.6 cm³/mol. The Kier molecular flexibility index (Phi) is 5.30. The van der Waals surface area contributed by atoms with E-state index in [1.54, 1.807) is 14.2 Å². The van der Waals surface area contributed by atoms with Crippen molar-refractivity contribution in [2.75, 3.05) is 27.3 Å². The lowest BCUT2D eigenvalue weighted by Crippen LogP contribution is -2.31. The second-order valence-electron chi connectivity index (χ2n) is 6.04. The molecule has 0 N–H and O–H groups in total. The monoisotopic (exact) mass is 277 g/mol. The van der Waals surface area contributed by atoms with Crippen LogP contribution in [0.25, 0.3) is 0 Å². The highest BCUT2D eigenvalue weighted by atomic mass is 16.5. The number of methoxy groups -OCH3 is 2. The molecule has 1 heterocycles. The van der Waals surface area contributed by atoms with Gasteiger partial charge in [-0.25, -0.2) is 0 Å². The Balaban J connectivity index is 2.02. The average Bonchev–Trinajstić information content (AvgIpc) is 2.45. The summed E-state index contributed by atoms with van der Waals surface area (Å²) in [7, 11) is 3.40. The summed E-state index contributed by atoms with van der Waals surface area (Å²) in [5.41, 5.74) is 2.79. The minimum atomic E-state index is 0.802. The third-order valence-electron chi connectivity index (χ3n) is 4.05. The predicted octanol–water partition coefficient (Wildman–Crippen LogP) is 3.50. The molecular formula is C17H27NO2. The normalized spacial score (nSPS) is 15.2. The quantitative estimate of drug-likeness (QED) is 0.794. The molecule has 112 valence electrons. The molecular weight excluding hydrogens is 250 g/mol. The number of benzene rings is 1. The van der Waals surface area contributed by atoms with Crippen LogP contribution in [0.15, 0.2) is 12.1 Å². The lowest BCUT2D eigenvalue weighted by molar-refractivity contribution is 0.243. The smallest absolute Gasteiger partial charge is 0.161 e. The zero-order valence-electron chi connectivity index (χ0n) is 13.2. The van der Waals surface area contributed by atoms with Crippen LogP contribution < -0.4 is 9.47 Å². The van der Waals surface area contributed by atoms with Gasteiger partial charge in [0.15, 0.2) is 11.5 Å². The minimum absolute atomic E-state index is 0.802. The Morgan fingerprint density at radius 3 is 2.35 bits per heavy atom. The number of nitrogens with zero attached hydrogens (tertiary/aromatic N) is 1. The molecule has 20 heavy (non-hydrogen) atoms. The molecule has 0 unspecified atom stereocenters. The first-order valence-corrected chi connectivity index (χ1v) is 7.60. The number of ether oxygens (including phenoxy) is 2. The largest absolute Gasteiger partial charge is 0.493 e. The third kappa shape index (κ3) is 3.66. The van der Waals surface area contributed by atoms with Crippen molar-refractivity contribution in [3.63, 3.8) is 0 Å². The Hall–Kier alpha value is -1.22. The van der Waals surface area contributed by atoms with Gasteiger partial charge in [0.2, 0.25) is 0 Å². The molecule has 3 nitrogen and oxygen atoms in total. The van der Waals surface area contributed by atoms with E-state index in [-0.39, 0.29) is 0 Å². The van der Waals surface area contributed by atoms with Crippen LogP contribution in [-0.2, 0) is 13.0 Å². The average molecular weight is 277 g/mol. The molecule has 0 atom stereocenters. The van der Waals surface area contributed by atoms with Crippen LogP contribution in [0.2, 0.25) is 0 Å². The fourth-order valence-electron chi connectivity index (χ4n) is 2.86. The van der Waals surface area contributed by atoms with Crippen LogP contribution >= 0.6 is 0 Å². The van der Waals surface area contributed by atoms with E-state index in [0.717, 1.165) is 36.9 Å². The van der Waals surface area contributed by atoms with E-state index in [1.807, 2.05) is 0 Å². The van der Waals surface area contributed by atoms with Crippen LogP contribution in [0.1, 0.15) is 37.8 Å².